The number of anilines is 1. The van der Waals surface area contributed by atoms with Crippen LogP contribution in [0.4, 0.5) is 5.69 Å². The first-order chi connectivity index (χ1) is 19.5. The zero-order valence-corrected chi connectivity index (χ0v) is 26.0. The molecule has 0 spiro atoms. The van der Waals surface area contributed by atoms with Crippen LogP contribution in [0.15, 0.2) is 72.8 Å². The van der Waals surface area contributed by atoms with Crippen molar-refractivity contribution in [2.45, 2.75) is 52.1 Å². The molecule has 0 aliphatic carbocycles. The third-order valence-corrected chi connectivity index (χ3v) is 8.59. The van der Waals surface area contributed by atoms with Gasteiger partial charge in [-0.25, -0.2) is 8.42 Å². The van der Waals surface area contributed by atoms with E-state index in [1.807, 2.05) is 49.4 Å². The van der Waals surface area contributed by atoms with Crippen molar-refractivity contribution < 1.29 is 18.0 Å². The van der Waals surface area contributed by atoms with Gasteiger partial charge < -0.3 is 10.2 Å². The van der Waals surface area contributed by atoms with Crippen LogP contribution >= 0.6 is 23.2 Å². The molecule has 0 heterocycles. The number of sulfonamides is 1. The van der Waals surface area contributed by atoms with E-state index >= 15 is 0 Å². The summed E-state index contributed by atoms with van der Waals surface area (Å²) in [4.78, 5) is 28.9. The maximum absolute atomic E-state index is 13.8. The van der Waals surface area contributed by atoms with Crippen LogP contribution in [0.1, 0.15) is 42.9 Å². The summed E-state index contributed by atoms with van der Waals surface area (Å²) in [7, 11) is -3.64. The van der Waals surface area contributed by atoms with E-state index in [9.17, 15) is 18.0 Å². The Bertz CT molecular complexity index is 1420. The fraction of sp³-hybridized carbons (Fsp3) is 0.355. The SMILES string of the molecule is CCCNC(=O)C(Cc1ccccc1)N(Cc1ccc(Cl)cc1)C(=O)CCCN(c1cccc(Cl)c1C)S(C)(=O)=O. The normalized spacial score (nSPS) is 12.0. The van der Waals surface area contributed by atoms with Crippen LogP contribution in [-0.4, -0.2) is 50.5 Å². The van der Waals surface area contributed by atoms with E-state index in [2.05, 4.69) is 5.32 Å². The summed E-state index contributed by atoms with van der Waals surface area (Å²) < 4.78 is 26.7. The number of rotatable bonds is 14. The number of halogens is 2. The van der Waals surface area contributed by atoms with Gasteiger partial charge in [0.05, 0.1) is 11.9 Å². The summed E-state index contributed by atoms with van der Waals surface area (Å²) in [5.41, 5.74) is 2.88. The molecule has 41 heavy (non-hydrogen) atoms. The molecule has 0 fully saturated rings. The van der Waals surface area contributed by atoms with Gasteiger partial charge in [0.25, 0.3) is 0 Å². The lowest BCUT2D eigenvalue weighted by atomic mass is 10.0. The molecular formula is C31H37Cl2N3O4S. The standard InChI is InChI=1S/C31H37Cl2N3O4S/c1-4-19-34-31(38)29(21-24-10-6-5-7-11-24)35(22-25-15-17-26(32)18-16-25)30(37)14-9-20-36(41(3,39)40)28-13-8-12-27(33)23(28)2/h5-8,10-13,15-18,29H,4,9,14,19-22H2,1-3H3,(H,34,38). The second-order valence-electron chi connectivity index (χ2n) is 9.97. The van der Waals surface area contributed by atoms with E-state index in [4.69, 9.17) is 23.2 Å². The molecule has 10 heteroatoms. The highest BCUT2D eigenvalue weighted by atomic mass is 35.5. The maximum Gasteiger partial charge on any atom is 0.243 e. The minimum Gasteiger partial charge on any atom is -0.354 e. The first kappa shape index (κ1) is 32.4. The van der Waals surface area contributed by atoms with Gasteiger partial charge in [-0.1, -0.05) is 78.7 Å². The van der Waals surface area contributed by atoms with Gasteiger partial charge in [-0.2, -0.15) is 0 Å². The molecule has 0 aromatic heterocycles. The van der Waals surface area contributed by atoms with Crippen molar-refractivity contribution in [3.05, 3.63) is 99.5 Å². The number of benzene rings is 3. The molecule has 1 atom stereocenters. The van der Waals surface area contributed by atoms with Gasteiger partial charge >= 0.3 is 0 Å². The van der Waals surface area contributed by atoms with E-state index in [1.165, 1.54) is 4.31 Å². The predicted molar refractivity (Wildman–Crippen MR) is 167 cm³/mol. The molecule has 3 rings (SSSR count). The molecule has 7 nitrogen and oxygen atoms in total. The van der Waals surface area contributed by atoms with Crippen molar-refractivity contribution in [1.82, 2.24) is 10.2 Å². The lowest BCUT2D eigenvalue weighted by Gasteiger charge is -2.32. The second-order valence-corrected chi connectivity index (χ2v) is 12.7. The Kier molecular flexibility index (Phi) is 12.1. The Morgan fingerprint density at radius 3 is 2.24 bits per heavy atom. The Labute approximate surface area is 253 Å². The van der Waals surface area contributed by atoms with E-state index in [0.29, 0.717) is 34.3 Å². The number of carbonyl (C=O) groups excluding carboxylic acids is 2. The smallest absolute Gasteiger partial charge is 0.243 e. The Morgan fingerprint density at radius 2 is 1.61 bits per heavy atom. The Hall–Kier alpha value is -3.07. The number of nitrogens with one attached hydrogen (secondary N) is 1. The van der Waals surface area contributed by atoms with Crippen molar-refractivity contribution in [1.29, 1.82) is 0 Å². The van der Waals surface area contributed by atoms with Crippen LogP contribution < -0.4 is 9.62 Å². The van der Waals surface area contributed by atoms with Crippen LogP contribution in [0.25, 0.3) is 0 Å². The maximum atomic E-state index is 13.8. The van der Waals surface area contributed by atoms with Crippen LogP contribution in [0.3, 0.4) is 0 Å². The largest absolute Gasteiger partial charge is 0.354 e. The third kappa shape index (κ3) is 9.48. The van der Waals surface area contributed by atoms with Gasteiger partial charge in [-0.15, -0.1) is 0 Å². The van der Waals surface area contributed by atoms with E-state index in [0.717, 1.165) is 23.8 Å². The zero-order chi connectivity index (χ0) is 30.0. The van der Waals surface area contributed by atoms with Gasteiger partial charge in [0.1, 0.15) is 6.04 Å². The number of nitrogens with zero attached hydrogens (tertiary/aromatic N) is 2. The summed E-state index contributed by atoms with van der Waals surface area (Å²) in [5, 5.41) is 3.99. The second kappa shape index (κ2) is 15.2. The topological polar surface area (TPSA) is 86.8 Å². The van der Waals surface area contributed by atoms with Crippen LogP contribution in [0.5, 0.6) is 0 Å². The lowest BCUT2D eigenvalue weighted by Crippen LogP contribution is -2.50. The van der Waals surface area contributed by atoms with Crippen molar-refractivity contribution in [3.63, 3.8) is 0 Å². The predicted octanol–water partition coefficient (Wildman–Crippen LogP) is 6.01. The van der Waals surface area contributed by atoms with Crippen LogP contribution in [-0.2, 0) is 32.6 Å². The molecule has 0 bridgehead atoms. The van der Waals surface area contributed by atoms with Crippen LogP contribution in [0, 0.1) is 6.92 Å². The van der Waals surface area contributed by atoms with E-state index < -0.39 is 16.1 Å². The van der Waals surface area contributed by atoms with Crippen molar-refractivity contribution in [2.24, 2.45) is 0 Å². The van der Waals surface area contributed by atoms with Crippen LogP contribution in [0.2, 0.25) is 10.0 Å². The minimum atomic E-state index is -3.64. The Morgan fingerprint density at radius 1 is 0.927 bits per heavy atom. The number of hydrogen-bond acceptors (Lipinski definition) is 4. The summed E-state index contributed by atoms with van der Waals surface area (Å²) in [6.07, 6.45) is 2.54. The highest BCUT2D eigenvalue weighted by Crippen LogP contribution is 2.28. The third-order valence-electron chi connectivity index (χ3n) is 6.75. The van der Waals surface area contributed by atoms with Gasteiger partial charge in [-0.05, 0) is 60.7 Å². The molecule has 3 aromatic carbocycles. The van der Waals surface area contributed by atoms with Crippen molar-refractivity contribution in [3.8, 4) is 0 Å². The zero-order valence-electron chi connectivity index (χ0n) is 23.6. The summed E-state index contributed by atoms with van der Waals surface area (Å²) in [6.45, 7) is 4.52. The first-order valence-electron chi connectivity index (χ1n) is 13.6. The monoisotopic (exact) mass is 617 g/mol. The average molecular weight is 619 g/mol. The molecule has 0 aliphatic heterocycles. The Balaban J connectivity index is 1.88. The lowest BCUT2D eigenvalue weighted by molar-refractivity contribution is -0.141. The van der Waals surface area contributed by atoms with E-state index in [-0.39, 0.29) is 37.7 Å². The molecule has 0 radical (unpaired) electrons. The molecule has 2 amide bonds. The van der Waals surface area contributed by atoms with Gasteiger partial charge in [-0.3, -0.25) is 13.9 Å². The summed E-state index contributed by atoms with van der Waals surface area (Å²) >= 11 is 12.3. The molecule has 0 aliphatic rings. The van der Waals surface area contributed by atoms with E-state index in [1.54, 1.807) is 42.2 Å². The molecule has 220 valence electrons. The molecule has 0 saturated carbocycles. The molecule has 0 saturated heterocycles. The quantitative estimate of drug-likeness (QED) is 0.240. The highest BCUT2D eigenvalue weighted by Gasteiger charge is 2.30. The molecule has 1 unspecified atom stereocenters. The highest BCUT2D eigenvalue weighted by molar-refractivity contribution is 7.92. The molecular weight excluding hydrogens is 581 g/mol. The number of amides is 2. The van der Waals surface area contributed by atoms with Gasteiger partial charge in [0.15, 0.2) is 0 Å². The average Bonchev–Trinajstić information content (AvgIpc) is 2.94. The van der Waals surface area contributed by atoms with Crippen molar-refractivity contribution >= 4 is 50.7 Å². The fourth-order valence-electron chi connectivity index (χ4n) is 4.56. The van der Waals surface area contributed by atoms with Crippen molar-refractivity contribution in [2.75, 3.05) is 23.7 Å². The summed E-state index contributed by atoms with van der Waals surface area (Å²) in [6, 6.07) is 21.1. The fourth-order valence-corrected chi connectivity index (χ4v) is 5.87. The molecule has 1 N–H and O–H groups in total. The summed E-state index contributed by atoms with van der Waals surface area (Å²) in [5.74, 6) is -0.478. The first-order valence-corrected chi connectivity index (χ1v) is 16.2. The van der Waals surface area contributed by atoms with Gasteiger partial charge in [0, 0.05) is 42.5 Å². The number of hydrogen-bond donors (Lipinski definition) is 1. The molecule has 3 aromatic rings. The number of carbonyl (C=O) groups is 2. The minimum absolute atomic E-state index is 0.0472. The van der Waals surface area contributed by atoms with Gasteiger partial charge in [0.2, 0.25) is 21.8 Å².